The lowest BCUT2D eigenvalue weighted by molar-refractivity contribution is -0.164. The van der Waals surface area contributed by atoms with Crippen molar-refractivity contribution in [2.24, 2.45) is 5.41 Å². The number of fused-ring (bicyclic) bond motifs is 1. The number of cyclic esters (lactones) is 1. The van der Waals surface area contributed by atoms with E-state index in [-0.39, 0.29) is 18.9 Å². The second-order valence-electron chi connectivity index (χ2n) is 7.06. The van der Waals surface area contributed by atoms with E-state index in [2.05, 4.69) is 0 Å². The molecule has 2 aliphatic rings. The van der Waals surface area contributed by atoms with Crippen LogP contribution in [0.1, 0.15) is 44.4 Å². The van der Waals surface area contributed by atoms with Crippen LogP contribution in [-0.2, 0) is 23.9 Å². The molecule has 0 N–H and O–H groups in total. The molecule has 0 unspecified atom stereocenters. The van der Waals surface area contributed by atoms with Gasteiger partial charge in [0.15, 0.2) is 0 Å². The molecule has 1 aromatic rings. The molecule has 1 saturated heterocycles. The molecule has 2 aliphatic heterocycles. The third-order valence-corrected chi connectivity index (χ3v) is 4.59. The molecule has 0 bridgehead atoms. The summed E-state index contributed by atoms with van der Waals surface area (Å²) in [5.74, 6) is -1.21. The number of hydrogen-bond acceptors (Lipinski definition) is 5. The van der Waals surface area contributed by atoms with E-state index in [1.54, 1.807) is 6.20 Å². The van der Waals surface area contributed by atoms with Crippen molar-refractivity contribution in [1.29, 1.82) is 0 Å². The largest absolute Gasteiger partial charge is 0.462 e. The normalized spacial score (nSPS) is 23.8. The van der Waals surface area contributed by atoms with Gasteiger partial charge in [0.1, 0.15) is 6.61 Å². The molecular weight excluding hydrogens is 322 g/mol. The average molecular weight is 343 g/mol. The highest BCUT2D eigenvalue weighted by molar-refractivity contribution is 5.83. The first-order valence-electron chi connectivity index (χ1n) is 8.22. The quantitative estimate of drug-likeness (QED) is 0.788. The summed E-state index contributed by atoms with van der Waals surface area (Å²) in [6.07, 6.45) is 2.58. The van der Waals surface area contributed by atoms with Crippen LogP contribution in [0, 0.1) is 5.41 Å². The van der Waals surface area contributed by atoms with Gasteiger partial charge in [-0.2, -0.15) is 0 Å². The van der Waals surface area contributed by atoms with Gasteiger partial charge in [-0.05, 0) is 17.2 Å². The fourth-order valence-corrected chi connectivity index (χ4v) is 3.19. The number of esters is 2. The van der Waals surface area contributed by atoms with E-state index >= 15 is 0 Å². The summed E-state index contributed by atoms with van der Waals surface area (Å²) in [5, 5.41) is 0. The van der Waals surface area contributed by atoms with Crippen LogP contribution in [0.5, 0.6) is 0 Å². The van der Waals surface area contributed by atoms with Gasteiger partial charge in [0.05, 0.1) is 12.5 Å². The Morgan fingerprint density at radius 1 is 1.32 bits per heavy atom. The minimum Gasteiger partial charge on any atom is -0.462 e. The van der Waals surface area contributed by atoms with Crippen molar-refractivity contribution in [3.05, 3.63) is 41.6 Å². The monoisotopic (exact) mass is 343 g/mol. The van der Waals surface area contributed by atoms with Crippen LogP contribution in [0.2, 0.25) is 0 Å². The van der Waals surface area contributed by atoms with E-state index in [0.29, 0.717) is 0 Å². The molecule has 1 aromatic carbocycles. The van der Waals surface area contributed by atoms with Crippen molar-refractivity contribution < 1.29 is 23.9 Å². The highest BCUT2D eigenvalue weighted by Gasteiger charge is 2.46. The molecule has 25 heavy (non-hydrogen) atoms. The van der Waals surface area contributed by atoms with Gasteiger partial charge in [-0.25, -0.2) is 4.79 Å². The van der Waals surface area contributed by atoms with Gasteiger partial charge in [0.2, 0.25) is 12.0 Å². The highest BCUT2D eigenvalue weighted by atomic mass is 16.6. The summed E-state index contributed by atoms with van der Waals surface area (Å²) < 4.78 is 10.4. The van der Waals surface area contributed by atoms with Crippen LogP contribution in [-0.4, -0.2) is 35.5 Å². The van der Waals surface area contributed by atoms with Gasteiger partial charge in [-0.3, -0.25) is 9.59 Å². The van der Waals surface area contributed by atoms with Crippen molar-refractivity contribution >= 4 is 23.9 Å². The van der Waals surface area contributed by atoms with E-state index in [1.807, 2.05) is 44.2 Å². The molecule has 2 atom stereocenters. The van der Waals surface area contributed by atoms with Gasteiger partial charge in [-0.1, -0.05) is 38.1 Å². The Labute approximate surface area is 146 Å². The zero-order valence-electron chi connectivity index (χ0n) is 14.5. The van der Waals surface area contributed by atoms with Crippen LogP contribution in [0.4, 0.5) is 0 Å². The van der Waals surface area contributed by atoms with Crippen molar-refractivity contribution in [3.8, 4) is 0 Å². The van der Waals surface area contributed by atoms with Crippen molar-refractivity contribution in [1.82, 2.24) is 4.90 Å². The smallest absolute Gasteiger partial charge is 0.348 e. The van der Waals surface area contributed by atoms with E-state index in [1.165, 1.54) is 11.8 Å². The summed E-state index contributed by atoms with van der Waals surface area (Å²) in [6.45, 7) is 5.30. The third-order valence-electron chi connectivity index (χ3n) is 4.59. The van der Waals surface area contributed by atoms with E-state index in [9.17, 15) is 14.4 Å². The standard InChI is InChI=1S/C19H21NO5/c1-12(21)20-9-8-13-6-4-5-7-14(13)15(20)10-16(22)25-17-18(23)24-11-19(17,2)3/h4-9,15,17H,10-11H2,1-3H3/t15-,17-/m0/s1. The molecule has 0 spiro atoms. The van der Waals surface area contributed by atoms with Gasteiger partial charge < -0.3 is 14.4 Å². The Morgan fingerprint density at radius 3 is 2.68 bits per heavy atom. The number of ether oxygens (including phenoxy) is 2. The molecule has 0 radical (unpaired) electrons. The second-order valence-corrected chi connectivity index (χ2v) is 7.06. The Bertz CT molecular complexity index is 752. The number of rotatable bonds is 3. The number of hydrogen-bond donors (Lipinski definition) is 0. The zero-order valence-corrected chi connectivity index (χ0v) is 14.5. The summed E-state index contributed by atoms with van der Waals surface area (Å²) in [5.41, 5.74) is 1.28. The molecule has 3 rings (SSSR count). The maximum absolute atomic E-state index is 12.5. The molecule has 132 valence electrons. The van der Waals surface area contributed by atoms with Crippen molar-refractivity contribution in [2.45, 2.75) is 39.3 Å². The molecule has 0 saturated carbocycles. The SMILES string of the molecule is CC(=O)N1C=Cc2ccccc2[C@@H]1CC(=O)O[C@H]1C(=O)OCC1(C)C. The van der Waals surface area contributed by atoms with E-state index in [4.69, 9.17) is 9.47 Å². The summed E-state index contributed by atoms with van der Waals surface area (Å²) >= 11 is 0. The second kappa shape index (κ2) is 6.35. The molecule has 1 fully saturated rings. The molecule has 0 aromatic heterocycles. The zero-order chi connectivity index (χ0) is 18.2. The summed E-state index contributed by atoms with van der Waals surface area (Å²) in [6, 6.07) is 7.14. The molecule has 1 amide bonds. The van der Waals surface area contributed by atoms with Gasteiger partial charge in [0, 0.05) is 18.5 Å². The Balaban J connectivity index is 1.80. The minimum absolute atomic E-state index is 0.0270. The molecule has 6 heteroatoms. The first-order valence-corrected chi connectivity index (χ1v) is 8.22. The number of amides is 1. The van der Waals surface area contributed by atoms with E-state index < -0.39 is 29.5 Å². The third kappa shape index (κ3) is 3.29. The maximum Gasteiger partial charge on any atom is 0.348 e. The van der Waals surface area contributed by atoms with Gasteiger partial charge in [0.25, 0.3) is 0 Å². The number of nitrogens with zero attached hydrogens (tertiary/aromatic N) is 1. The number of carbonyl (C=O) groups excluding carboxylic acids is 3. The lowest BCUT2D eigenvalue weighted by atomic mass is 9.89. The Morgan fingerprint density at radius 2 is 2.04 bits per heavy atom. The van der Waals surface area contributed by atoms with Gasteiger partial charge in [-0.15, -0.1) is 0 Å². The minimum atomic E-state index is -0.917. The molecular formula is C19H21NO5. The Hall–Kier alpha value is -2.63. The van der Waals surface area contributed by atoms with E-state index in [0.717, 1.165) is 11.1 Å². The topological polar surface area (TPSA) is 72.9 Å². The van der Waals surface area contributed by atoms with Crippen molar-refractivity contribution in [3.63, 3.8) is 0 Å². The highest BCUT2D eigenvalue weighted by Crippen LogP contribution is 2.35. The predicted octanol–water partition coefficient (Wildman–Crippen LogP) is 2.45. The Kier molecular flexibility index (Phi) is 4.37. The number of benzene rings is 1. The van der Waals surface area contributed by atoms with Crippen LogP contribution in [0.15, 0.2) is 30.5 Å². The maximum atomic E-state index is 12.5. The average Bonchev–Trinajstić information content (AvgIpc) is 2.81. The lowest BCUT2D eigenvalue weighted by Gasteiger charge is -2.32. The summed E-state index contributed by atoms with van der Waals surface area (Å²) in [7, 11) is 0. The lowest BCUT2D eigenvalue weighted by Crippen LogP contribution is -2.37. The summed E-state index contributed by atoms with van der Waals surface area (Å²) in [4.78, 5) is 37.8. The fraction of sp³-hybridized carbons (Fsp3) is 0.421. The predicted molar refractivity (Wildman–Crippen MR) is 90.0 cm³/mol. The van der Waals surface area contributed by atoms with Crippen molar-refractivity contribution in [2.75, 3.05) is 6.61 Å². The number of carbonyl (C=O) groups is 3. The fourth-order valence-electron chi connectivity index (χ4n) is 3.19. The van der Waals surface area contributed by atoms with Crippen LogP contribution in [0.25, 0.3) is 6.08 Å². The first-order chi connectivity index (χ1) is 11.8. The van der Waals surface area contributed by atoms with Gasteiger partial charge >= 0.3 is 11.9 Å². The van der Waals surface area contributed by atoms with Crippen LogP contribution >= 0.6 is 0 Å². The molecule has 0 aliphatic carbocycles. The molecule has 6 nitrogen and oxygen atoms in total. The molecule has 2 heterocycles. The van der Waals surface area contributed by atoms with Crippen LogP contribution in [0.3, 0.4) is 0 Å². The first kappa shape index (κ1) is 17.2. The van der Waals surface area contributed by atoms with Crippen LogP contribution < -0.4 is 0 Å².